The topological polar surface area (TPSA) is 260 Å². The smallest absolute Gasteiger partial charge is 0.284 e. The van der Waals surface area contributed by atoms with Crippen LogP contribution in [0.2, 0.25) is 0 Å². The van der Waals surface area contributed by atoms with Gasteiger partial charge in [-0.2, -0.15) is 5.10 Å². The molecule has 1 saturated heterocycles. The van der Waals surface area contributed by atoms with E-state index in [-0.39, 0.29) is 55.5 Å². The molecule has 4 aromatic heterocycles. The number of alkyl halides is 1. The molecule has 5 amide bonds. The number of likely N-dealkylation sites (tertiary alicyclic amines) is 1. The number of carbonyl (C=O) groups is 5. The molecule has 2 saturated carbocycles. The molecule has 3 fully saturated rings. The molecule has 92 heavy (non-hydrogen) atoms. The van der Waals surface area contributed by atoms with Gasteiger partial charge in [0.1, 0.15) is 29.3 Å². The number of anilines is 2. The van der Waals surface area contributed by atoms with Crippen molar-refractivity contribution in [2.24, 2.45) is 11.3 Å². The number of hydrogen-bond donors (Lipinski definition) is 5. The first-order valence-corrected chi connectivity index (χ1v) is 34.4. The van der Waals surface area contributed by atoms with Gasteiger partial charge in [-0.25, -0.2) is 32.5 Å². The molecule has 5 N–H and O–H groups in total. The van der Waals surface area contributed by atoms with Crippen LogP contribution in [0.5, 0.6) is 5.75 Å². The Bertz CT molecular complexity index is 4210. The second-order valence-electron chi connectivity index (χ2n) is 25.6. The molecule has 3 atom stereocenters. The predicted molar refractivity (Wildman–Crippen MR) is 351 cm³/mol. The Labute approximate surface area is 541 Å². The van der Waals surface area contributed by atoms with Crippen molar-refractivity contribution in [3.63, 3.8) is 0 Å². The highest BCUT2D eigenvalue weighted by Gasteiger charge is 2.53. The summed E-state index contributed by atoms with van der Waals surface area (Å²) in [6.45, 7) is 10.6. The monoisotopic (exact) mass is 1300 g/mol. The molecule has 0 radical (unpaired) electrons. The third kappa shape index (κ3) is 13.8. The van der Waals surface area contributed by atoms with E-state index in [1.165, 1.54) is 59.0 Å². The number of ether oxygens (including phenoxy) is 1. The lowest BCUT2D eigenvalue weighted by Gasteiger charge is -2.35. The molecule has 4 aromatic carbocycles. The second-order valence-corrected chi connectivity index (χ2v) is 29.1. The van der Waals surface area contributed by atoms with E-state index in [1.54, 1.807) is 56.7 Å². The van der Waals surface area contributed by atoms with Crippen LogP contribution in [0.25, 0.3) is 31.8 Å². The zero-order chi connectivity index (χ0) is 64.6. The Hall–Kier alpha value is -8.45. The summed E-state index contributed by atoms with van der Waals surface area (Å²) in [4.78, 5) is 87.7. The summed E-state index contributed by atoms with van der Waals surface area (Å²) in [5.41, 5.74) is 6.78. The van der Waals surface area contributed by atoms with Gasteiger partial charge in [-0.3, -0.25) is 34.0 Å². The number of carbonyl (C=O) groups excluding carboxylic acids is 5. The summed E-state index contributed by atoms with van der Waals surface area (Å²) in [5.74, 6) is -1.86. The van der Waals surface area contributed by atoms with Crippen molar-refractivity contribution in [1.29, 1.82) is 0 Å². The van der Waals surface area contributed by atoms with Crippen molar-refractivity contribution in [2.45, 2.75) is 147 Å². The maximum atomic E-state index is 14.8. The Kier molecular flexibility index (Phi) is 18.2. The standard InChI is InChI=1S/C68H74FN11O9S3/c1-40-59(90-39-71-40)45-20-21-46(34-70-62(83)54-33-47(81)37-79(54)64(85)60(67(3,4)5)75-65(86)68(69)28-29-68)55(32-45)89-31-27-42-18-22-48(23-19-42)92(87,88)77-63(84)58-49(51-35-72-80(41(51)2)36-43-12-7-6-8-13-43)24-25-57(74-58)78-30-26-44-14-11-15-50(52(44)38-78)61(82)76-66-73-53-16-9-10-17-56(53)91-66/h9-11,14-25,32,35,39,43,47,54,60,81H,6-8,12-13,26-31,33-34,36-38H2,1-5H3,(H,70,83)(H,75,86)(H,77,84)(H,73,76,82)/t47-,54+,60-/m1/s1. The van der Waals surface area contributed by atoms with Crippen molar-refractivity contribution in [3.8, 4) is 27.3 Å². The third-order valence-electron chi connectivity index (χ3n) is 18.0. The molecule has 0 unspecified atom stereocenters. The van der Waals surface area contributed by atoms with E-state index < -0.39 is 62.9 Å². The van der Waals surface area contributed by atoms with Crippen molar-refractivity contribution < 1.29 is 46.6 Å². The normalized spacial score (nSPS) is 17.6. The molecular weight excluding hydrogens is 1230 g/mol. The van der Waals surface area contributed by atoms with E-state index in [0.29, 0.717) is 70.8 Å². The van der Waals surface area contributed by atoms with E-state index in [9.17, 15) is 41.9 Å². The highest BCUT2D eigenvalue weighted by molar-refractivity contribution is 7.90. The lowest BCUT2D eigenvalue weighted by Crippen LogP contribution is -2.59. The summed E-state index contributed by atoms with van der Waals surface area (Å²) >= 11 is 2.86. The summed E-state index contributed by atoms with van der Waals surface area (Å²) in [7, 11) is -4.48. The van der Waals surface area contributed by atoms with Gasteiger partial charge in [-0.05, 0) is 128 Å². The fourth-order valence-corrected chi connectivity index (χ4v) is 15.1. The molecule has 6 heterocycles. The molecule has 8 aromatic rings. The second kappa shape index (κ2) is 26.3. The third-order valence-corrected chi connectivity index (χ3v) is 21.3. The average Bonchev–Trinajstić information content (AvgIpc) is 1.41. The van der Waals surface area contributed by atoms with Crippen LogP contribution < -0.4 is 30.3 Å². The highest BCUT2D eigenvalue weighted by atomic mass is 32.2. The number of halogens is 1. The first-order chi connectivity index (χ1) is 44.1. The number of nitrogens with one attached hydrogen (secondary N) is 4. The number of thiazole rings is 2. The molecule has 20 nitrogen and oxygen atoms in total. The maximum Gasteiger partial charge on any atom is 0.284 e. The molecule has 24 heteroatoms. The minimum atomic E-state index is -4.48. The van der Waals surface area contributed by atoms with Crippen LogP contribution in [0.3, 0.4) is 0 Å². The van der Waals surface area contributed by atoms with Crippen LogP contribution in [0, 0.1) is 25.2 Å². The van der Waals surface area contributed by atoms with Gasteiger partial charge in [-0.15, -0.1) is 11.3 Å². The number of aliphatic hydroxyl groups excluding tert-OH is 1. The average molecular weight is 1300 g/mol. The Morgan fingerprint density at radius 2 is 1.68 bits per heavy atom. The van der Waals surface area contributed by atoms with E-state index >= 15 is 0 Å². The number of β-amino-alcohol motifs (C(OH)–C–C–N with tert-alkyl or cyclic N) is 1. The first-order valence-electron chi connectivity index (χ1n) is 31.2. The number of aryl methyl sites for hydroxylation is 1. The van der Waals surface area contributed by atoms with Gasteiger partial charge in [0.15, 0.2) is 10.8 Å². The van der Waals surface area contributed by atoms with Crippen LogP contribution in [0.4, 0.5) is 15.3 Å². The Morgan fingerprint density at radius 3 is 2.42 bits per heavy atom. The molecule has 0 spiro atoms. The zero-order valence-electron chi connectivity index (χ0n) is 52.0. The van der Waals surface area contributed by atoms with Crippen LogP contribution in [-0.2, 0) is 56.9 Å². The number of pyridine rings is 1. The van der Waals surface area contributed by atoms with Crippen LogP contribution in [0.15, 0.2) is 114 Å². The van der Waals surface area contributed by atoms with E-state index in [2.05, 4.69) is 30.6 Å². The number of sulfonamides is 1. The van der Waals surface area contributed by atoms with Crippen LogP contribution in [-0.4, -0.2) is 116 Å². The SMILES string of the molecule is Cc1ncsc1-c1ccc(CNC(=O)[C@@H]2C[C@@H](O)CN2C(=O)[C@@H](NC(=O)C2(F)CC2)C(C)(C)C)c(OCCc2ccc(S(=O)(=O)NC(=O)c3nc(N4CCc5cccc(C(=O)Nc6nc7ccccc7s6)c5C4)ccc3-c3cnn(CC4CCCCC4)c3C)cc2)c1. The minimum Gasteiger partial charge on any atom is -0.493 e. The number of aromatic nitrogens is 5. The number of aliphatic hydroxyl groups is 1. The van der Waals surface area contributed by atoms with Gasteiger partial charge in [-0.1, -0.05) is 99.9 Å². The van der Waals surface area contributed by atoms with Gasteiger partial charge in [0.05, 0.1) is 50.1 Å². The number of fused-ring (bicyclic) bond motifs is 2. The lowest BCUT2D eigenvalue weighted by molar-refractivity contribution is -0.145. The number of nitrogens with zero attached hydrogens (tertiary/aromatic N) is 7. The van der Waals surface area contributed by atoms with Gasteiger partial charge < -0.3 is 30.3 Å². The minimum absolute atomic E-state index is 0.0153. The summed E-state index contributed by atoms with van der Waals surface area (Å²) in [6, 6.07) is 26.5. The summed E-state index contributed by atoms with van der Waals surface area (Å²) < 4.78 is 55.1. The molecule has 480 valence electrons. The Balaban J connectivity index is 0.741. The quantitative estimate of drug-likeness (QED) is 0.0476. The largest absolute Gasteiger partial charge is 0.493 e. The molecule has 2 aliphatic heterocycles. The maximum absolute atomic E-state index is 14.8. The van der Waals surface area contributed by atoms with Crippen molar-refractivity contribution in [1.82, 2.24) is 45.0 Å². The van der Waals surface area contributed by atoms with Gasteiger partial charge in [0.25, 0.3) is 27.7 Å². The molecule has 2 aliphatic carbocycles. The molecule has 0 bridgehead atoms. The predicted octanol–water partition coefficient (Wildman–Crippen LogP) is 10.0. The lowest BCUT2D eigenvalue weighted by atomic mass is 9.85. The fraction of sp³-hybridized carbons (Fsp3) is 0.397. The number of amides is 5. The first kappa shape index (κ1) is 63.7. The van der Waals surface area contributed by atoms with Crippen molar-refractivity contribution in [2.75, 3.05) is 29.9 Å². The Morgan fingerprint density at radius 1 is 0.902 bits per heavy atom. The number of para-hydroxylation sites is 1. The van der Waals surface area contributed by atoms with Crippen molar-refractivity contribution >= 4 is 83.4 Å². The summed E-state index contributed by atoms with van der Waals surface area (Å²) in [6.07, 6.45) is 7.50. The van der Waals surface area contributed by atoms with Crippen molar-refractivity contribution in [3.05, 3.63) is 154 Å². The number of benzene rings is 4. The highest BCUT2D eigenvalue weighted by Crippen LogP contribution is 2.41. The number of rotatable bonds is 20. The van der Waals surface area contributed by atoms with Gasteiger partial charge in [0, 0.05) is 73.5 Å². The van der Waals surface area contributed by atoms with Gasteiger partial charge in [0.2, 0.25) is 11.8 Å². The van der Waals surface area contributed by atoms with E-state index in [4.69, 9.17) is 14.8 Å². The van der Waals surface area contributed by atoms with Gasteiger partial charge >= 0.3 is 0 Å². The molecule has 4 aliphatic rings. The van der Waals surface area contributed by atoms with Crippen LogP contribution >= 0.6 is 22.7 Å². The fourth-order valence-electron chi connectivity index (χ4n) is 12.5. The molecular formula is C68H74FN11O9S3. The van der Waals surface area contributed by atoms with Crippen LogP contribution in [0.1, 0.15) is 127 Å². The zero-order valence-corrected chi connectivity index (χ0v) is 54.4. The molecule has 12 rings (SSSR count). The van der Waals surface area contributed by atoms with E-state index in [0.717, 1.165) is 68.1 Å². The van der Waals surface area contributed by atoms with E-state index in [1.807, 2.05) is 84.1 Å². The summed E-state index contributed by atoms with van der Waals surface area (Å²) in [5, 5.41) is 24.6. The number of hydrogen-bond acceptors (Lipinski definition) is 16.